The molecule has 0 saturated heterocycles. The molecule has 6 aromatic heterocycles. The van der Waals surface area contributed by atoms with Crippen molar-refractivity contribution in [2.75, 3.05) is 37.1 Å². The van der Waals surface area contributed by atoms with Crippen LogP contribution in [0.25, 0.3) is 204 Å². The number of nitrogens with zero attached hydrogens (tertiary/aromatic N) is 8. The third kappa shape index (κ3) is 16.6. The Hall–Kier alpha value is -13.6. The second-order valence-electron chi connectivity index (χ2n) is 30.2. The van der Waals surface area contributed by atoms with Crippen LogP contribution >= 0.6 is 35.3 Å². The second-order valence-corrected chi connectivity index (χ2v) is 34.0. The number of hydrogen-bond donors (Lipinski definition) is 0. The maximum atomic E-state index is 16.9. The smallest absolute Gasteiger partial charge is 0.657 e. The SMILES string of the molecule is CC(=O)SCCOc1ccc(-c2c3nc(c(-c4ccc(OCCSC(C)=O)cc4)c4ccc([n-]4)c(-c4cccc5c4-c4c-5cccc4-c4c5nc(c(-c6c(F)c(F)c(F)c(F)c6F)c6ccc([n-]6)c(-c6c(F)c(F)c(F)c(F)c6F)c6nc(c(-c7c(F)c(F)c(F)c(F)c7F)c7ccc4[n-]7)C=C6)C=C5)c4nc(c(-c5ccc(OCCSC(C)=O)cc5)c5ccc2[n-]5)C=C4)C=C3)cc1.[Co+2].[Co+2]. The first-order valence-corrected chi connectivity index (χ1v) is 43.2. The van der Waals surface area contributed by atoms with Crippen LogP contribution in [0.15, 0.2) is 158 Å². The number of carbonyl (C=O) groups excluding carboxylic acids is 3. The van der Waals surface area contributed by atoms with Crippen LogP contribution in [0.3, 0.4) is 0 Å². The minimum absolute atomic E-state index is 0. The fourth-order valence-corrected chi connectivity index (χ4v) is 17.9. The van der Waals surface area contributed by atoms with Gasteiger partial charge in [0, 0.05) is 38.0 Å². The first-order valence-electron chi connectivity index (χ1n) is 40.2. The van der Waals surface area contributed by atoms with Crippen molar-refractivity contribution in [1.82, 2.24) is 39.9 Å². The van der Waals surface area contributed by atoms with E-state index in [1.54, 1.807) is 66.7 Å². The maximum Gasteiger partial charge on any atom is 2.00 e. The summed E-state index contributed by atoms with van der Waals surface area (Å²) in [5.41, 5.74) is -4.20. The molecule has 14 aromatic rings. The van der Waals surface area contributed by atoms with E-state index in [-0.39, 0.29) is 91.1 Å². The van der Waals surface area contributed by atoms with Crippen LogP contribution in [0.5, 0.6) is 17.2 Å². The quantitative estimate of drug-likeness (QED) is 0.0303. The summed E-state index contributed by atoms with van der Waals surface area (Å²) in [7, 11) is 0. The number of hydrogen-bond acceptors (Lipinski definition) is 13. The zero-order valence-electron chi connectivity index (χ0n) is 69.0. The molecule has 0 fully saturated rings. The molecule has 19 rings (SSSR count). The predicted molar refractivity (Wildman–Crippen MR) is 480 cm³/mol. The van der Waals surface area contributed by atoms with Crippen LogP contribution in [0.4, 0.5) is 65.9 Å². The van der Waals surface area contributed by atoms with Crippen molar-refractivity contribution in [2.24, 2.45) is 0 Å². The molecule has 0 atom stereocenters. The molecule has 8 aromatic carbocycles. The molecule has 16 bridgehead atoms. The minimum Gasteiger partial charge on any atom is -0.657 e. The van der Waals surface area contributed by atoms with Crippen molar-refractivity contribution in [1.29, 1.82) is 0 Å². The van der Waals surface area contributed by atoms with E-state index in [1.165, 1.54) is 32.9 Å². The maximum absolute atomic E-state index is 16.9. The van der Waals surface area contributed by atoms with E-state index in [4.69, 9.17) is 44.1 Å². The van der Waals surface area contributed by atoms with Gasteiger partial charge in [-0.25, -0.2) is 85.8 Å². The number of ether oxygens (including phenoxy) is 3. The van der Waals surface area contributed by atoms with Crippen LogP contribution < -0.4 is 34.1 Å². The molecule has 34 heteroatoms. The summed E-state index contributed by atoms with van der Waals surface area (Å²) in [5.74, 6) is -35.1. The van der Waals surface area contributed by atoms with Gasteiger partial charge in [-0.1, -0.05) is 157 Å². The fraction of sp³-hybridized carbons (Fsp3) is 0.0900. The molecular formula is C100H55Co2F15N8O6S3. The molecule has 5 aliphatic rings. The van der Waals surface area contributed by atoms with Crippen LogP contribution in [-0.2, 0) is 47.9 Å². The van der Waals surface area contributed by atoms with Crippen molar-refractivity contribution in [2.45, 2.75) is 20.8 Å². The molecule has 10 heterocycles. The third-order valence-electron chi connectivity index (χ3n) is 22.2. The molecule has 4 aliphatic heterocycles. The van der Waals surface area contributed by atoms with Crippen molar-refractivity contribution in [3.63, 3.8) is 0 Å². The van der Waals surface area contributed by atoms with Crippen LogP contribution in [0, 0.1) is 87.3 Å². The molecule has 672 valence electrons. The summed E-state index contributed by atoms with van der Waals surface area (Å²) in [6, 6.07) is 43.4. The molecular weight excluding hydrogens is 1910 g/mol. The summed E-state index contributed by atoms with van der Waals surface area (Å²) in [4.78, 5) is 75.9. The Bertz CT molecular complexity index is 7640. The van der Waals surface area contributed by atoms with Crippen molar-refractivity contribution in [3.05, 3.63) is 291 Å². The molecule has 1 aliphatic carbocycles. The number of aromatic nitrogens is 8. The Balaban J connectivity index is 0.00000625. The van der Waals surface area contributed by atoms with Gasteiger partial charge in [0.15, 0.2) is 85.2 Å². The van der Waals surface area contributed by atoms with E-state index in [2.05, 4.69) is 9.97 Å². The van der Waals surface area contributed by atoms with Crippen LogP contribution in [0.2, 0.25) is 0 Å². The first-order chi connectivity index (χ1) is 63.7. The third-order valence-corrected chi connectivity index (χ3v) is 24.5. The molecule has 0 spiro atoms. The van der Waals surface area contributed by atoms with Gasteiger partial charge < -0.3 is 34.1 Å². The number of fused-ring (bicyclic) bond motifs is 20. The summed E-state index contributed by atoms with van der Waals surface area (Å²) in [6.07, 6.45) is 11.2. The van der Waals surface area contributed by atoms with E-state index >= 15 is 61.5 Å². The number of rotatable bonds is 20. The van der Waals surface area contributed by atoms with E-state index in [1.807, 2.05) is 91.0 Å². The van der Waals surface area contributed by atoms with Crippen molar-refractivity contribution < 1.29 is 128 Å². The normalized spacial score (nSPS) is 12.1. The Morgan fingerprint density at radius 1 is 0.239 bits per heavy atom. The molecule has 2 radical (unpaired) electrons. The molecule has 0 unspecified atom stereocenters. The van der Waals surface area contributed by atoms with Gasteiger partial charge in [0.1, 0.15) is 17.2 Å². The van der Waals surface area contributed by atoms with Crippen LogP contribution in [0.1, 0.15) is 66.3 Å². The van der Waals surface area contributed by atoms with E-state index in [0.29, 0.717) is 146 Å². The summed E-state index contributed by atoms with van der Waals surface area (Å²) in [6.45, 7) is 5.08. The largest absolute Gasteiger partial charge is 2.00 e. The van der Waals surface area contributed by atoms with E-state index in [0.717, 1.165) is 71.7 Å². The Kier molecular flexibility index (Phi) is 25.8. The average Bonchev–Trinajstić information content (AvgIpc) is 1.27. The van der Waals surface area contributed by atoms with Gasteiger partial charge in [-0.05, 0) is 180 Å². The Morgan fingerprint density at radius 2 is 0.433 bits per heavy atom. The molecule has 0 saturated carbocycles. The van der Waals surface area contributed by atoms with Gasteiger partial charge in [0.05, 0.1) is 82.1 Å². The van der Waals surface area contributed by atoms with Crippen molar-refractivity contribution in [3.8, 4) is 129 Å². The monoisotopic (exact) mass is 1960 g/mol. The number of halogens is 15. The second kappa shape index (κ2) is 37.4. The van der Waals surface area contributed by atoms with Gasteiger partial charge in [-0.2, -0.15) is 0 Å². The number of thioether (sulfide) groups is 3. The molecule has 14 nitrogen and oxygen atoms in total. The van der Waals surface area contributed by atoms with E-state index in [9.17, 15) is 18.8 Å². The molecule has 0 N–H and O–H groups in total. The topological polar surface area (TPSA) is 187 Å². The minimum atomic E-state index is -2.67. The first kappa shape index (κ1) is 92.2. The zero-order valence-corrected chi connectivity index (χ0v) is 73.5. The number of carbonyl (C=O) groups is 3. The molecule has 134 heavy (non-hydrogen) atoms. The molecule has 0 amide bonds. The van der Waals surface area contributed by atoms with Gasteiger partial charge in [0.25, 0.3) is 0 Å². The van der Waals surface area contributed by atoms with Gasteiger partial charge in [-0.15, -0.1) is 44.1 Å². The fourth-order valence-electron chi connectivity index (χ4n) is 16.5. The summed E-state index contributed by atoms with van der Waals surface area (Å²) >= 11 is 3.36. The van der Waals surface area contributed by atoms with Crippen LogP contribution in [-0.4, -0.2) is 72.4 Å². The van der Waals surface area contributed by atoms with Crippen molar-refractivity contribution >= 4 is 143 Å². The summed E-state index contributed by atoms with van der Waals surface area (Å²) in [5, 5.41) is -0.207. The van der Waals surface area contributed by atoms with Gasteiger partial charge >= 0.3 is 33.6 Å². The Labute approximate surface area is 782 Å². The predicted octanol–water partition coefficient (Wildman–Crippen LogP) is 25.2. The number of benzene rings is 8. The van der Waals surface area contributed by atoms with E-state index < -0.39 is 154 Å². The summed E-state index contributed by atoms with van der Waals surface area (Å²) < 4.78 is 260. The zero-order chi connectivity index (χ0) is 92.1. The van der Waals surface area contributed by atoms with Gasteiger partial charge in [0.2, 0.25) is 17.5 Å². The van der Waals surface area contributed by atoms with Gasteiger partial charge in [-0.3, -0.25) is 14.4 Å². The average molecular weight is 1960 g/mol. The standard InChI is InChI=1S/C100H55F15N8O6S3.2Co/c1-44(124)130-41-38-127-50-16-10-47(11-17-50)73-57-22-24-59(116-57)74(48-12-18-51(19-13-48)128-39-42-131-45(2)125)61-26-28-63(118-61)78(64-29-27-62(119-64)75(60-25-23-58(73)117-60)49-14-20-52(21-15-49)129-40-43-132-46(3)126)55-8-4-6-53-54-7-5-9-56(77(54)76(53)55)79-65-30-32-67(120-65)80(83-86(101)92(107)98(113)93(108)87(83)102)69-34-36-71(122-69)82(85-90(105)96(111)100(115)97(112)91(85)106)72-37-35-70(123-72)81(68-33-31-66(79)121-68)84-88(103)94(109)99(114)95(110)89(84)104;;/h4-37H,38-43H2,1-3H3;;/q-4;2*+2. The Morgan fingerprint density at radius 3 is 0.664 bits per heavy atom.